The van der Waals surface area contributed by atoms with Crippen LogP contribution in [0.15, 0.2) is 12.2 Å². The Hall–Kier alpha value is -0.950. The topological polar surface area (TPSA) is 96.2 Å². The van der Waals surface area contributed by atoms with E-state index in [0.29, 0.717) is 6.42 Å². The standard InChI is InChI=1S/C24H46O6/c1-2-3-4-5-6-7-8-9-10-11-12-13-14-15-16-17-24(28)30-21-23(27)20-29-19-22(26)18-25/h9-10,22-23,25-27H,2-8,11-21H2,1H3/b10-9-/t22-,23+/m0/s1. The number of aliphatic hydroxyl groups excluding tert-OH is 3. The van der Waals surface area contributed by atoms with E-state index in [-0.39, 0.29) is 32.4 Å². The van der Waals surface area contributed by atoms with E-state index in [1.54, 1.807) is 0 Å². The number of allylic oxidation sites excluding steroid dienone is 2. The van der Waals surface area contributed by atoms with Gasteiger partial charge in [0, 0.05) is 6.42 Å². The van der Waals surface area contributed by atoms with Gasteiger partial charge in [0.15, 0.2) is 0 Å². The molecule has 0 unspecified atom stereocenters. The number of hydrogen-bond acceptors (Lipinski definition) is 6. The Morgan fingerprint density at radius 1 is 0.767 bits per heavy atom. The number of esters is 1. The smallest absolute Gasteiger partial charge is 0.305 e. The van der Waals surface area contributed by atoms with E-state index >= 15 is 0 Å². The zero-order valence-electron chi connectivity index (χ0n) is 19.1. The largest absolute Gasteiger partial charge is 0.463 e. The van der Waals surface area contributed by atoms with Crippen molar-refractivity contribution in [3.63, 3.8) is 0 Å². The van der Waals surface area contributed by atoms with Crippen LogP contribution in [0.25, 0.3) is 0 Å². The van der Waals surface area contributed by atoms with E-state index < -0.39 is 12.2 Å². The second-order valence-electron chi connectivity index (χ2n) is 8.04. The Kier molecular flexibility index (Phi) is 22.0. The van der Waals surface area contributed by atoms with Crippen molar-refractivity contribution in [1.82, 2.24) is 0 Å². The van der Waals surface area contributed by atoms with Gasteiger partial charge in [-0.15, -0.1) is 0 Å². The van der Waals surface area contributed by atoms with Gasteiger partial charge in [-0.1, -0.05) is 70.4 Å². The average molecular weight is 431 g/mol. The lowest BCUT2D eigenvalue weighted by Gasteiger charge is -2.13. The van der Waals surface area contributed by atoms with E-state index in [2.05, 4.69) is 19.1 Å². The highest BCUT2D eigenvalue weighted by Gasteiger charge is 2.10. The molecule has 178 valence electrons. The first-order valence-corrected chi connectivity index (χ1v) is 12.0. The summed E-state index contributed by atoms with van der Waals surface area (Å²) in [4.78, 5) is 11.7. The number of unbranched alkanes of at least 4 members (excludes halogenated alkanes) is 11. The molecule has 3 N–H and O–H groups in total. The Balaban J connectivity index is 3.35. The van der Waals surface area contributed by atoms with Crippen LogP contribution in [0.1, 0.15) is 96.8 Å². The molecule has 0 aromatic carbocycles. The molecule has 0 radical (unpaired) electrons. The van der Waals surface area contributed by atoms with Gasteiger partial charge >= 0.3 is 5.97 Å². The third-order valence-electron chi connectivity index (χ3n) is 4.91. The fraction of sp³-hybridized carbons (Fsp3) is 0.875. The highest BCUT2D eigenvalue weighted by atomic mass is 16.5. The molecule has 0 aliphatic carbocycles. The van der Waals surface area contributed by atoms with E-state index in [9.17, 15) is 9.90 Å². The molecule has 0 aliphatic rings. The van der Waals surface area contributed by atoms with Crippen molar-refractivity contribution in [2.24, 2.45) is 0 Å². The molecule has 30 heavy (non-hydrogen) atoms. The van der Waals surface area contributed by atoms with Crippen molar-refractivity contribution >= 4 is 5.97 Å². The summed E-state index contributed by atoms with van der Waals surface area (Å²) < 4.78 is 10.0. The minimum Gasteiger partial charge on any atom is -0.463 e. The van der Waals surface area contributed by atoms with Gasteiger partial charge in [-0.3, -0.25) is 4.79 Å². The molecule has 0 bridgehead atoms. The lowest BCUT2D eigenvalue weighted by molar-refractivity contribution is -0.148. The molecule has 0 fully saturated rings. The Morgan fingerprint density at radius 2 is 1.30 bits per heavy atom. The molecule has 0 saturated carbocycles. The van der Waals surface area contributed by atoms with Gasteiger partial charge in [0.05, 0.1) is 19.8 Å². The molecule has 6 nitrogen and oxygen atoms in total. The molecule has 0 saturated heterocycles. The summed E-state index contributed by atoms with van der Waals surface area (Å²) >= 11 is 0. The van der Waals surface area contributed by atoms with Gasteiger partial charge in [-0.2, -0.15) is 0 Å². The normalized spacial score (nSPS) is 13.6. The Labute approximate surface area is 183 Å². The van der Waals surface area contributed by atoms with Gasteiger partial charge < -0.3 is 24.8 Å². The molecular formula is C24H46O6. The van der Waals surface area contributed by atoms with Crippen molar-refractivity contribution < 1.29 is 29.6 Å². The van der Waals surface area contributed by atoms with Crippen molar-refractivity contribution in [2.75, 3.05) is 26.4 Å². The van der Waals surface area contributed by atoms with E-state index in [1.165, 1.54) is 57.8 Å². The number of aliphatic hydroxyl groups is 3. The number of ether oxygens (including phenoxy) is 2. The van der Waals surface area contributed by atoms with E-state index in [0.717, 1.165) is 25.7 Å². The number of carbonyl (C=O) groups is 1. The van der Waals surface area contributed by atoms with Gasteiger partial charge in [0.1, 0.15) is 18.8 Å². The maximum atomic E-state index is 11.7. The Bertz CT molecular complexity index is 399. The SMILES string of the molecule is CCCCCCCC/C=C\CCCCCCCC(=O)OC[C@H](O)COC[C@@H](O)CO. The predicted octanol–water partition coefficient (Wildman–Crippen LogP) is 4.30. The van der Waals surface area contributed by atoms with Gasteiger partial charge in [0.2, 0.25) is 0 Å². The Morgan fingerprint density at radius 3 is 1.90 bits per heavy atom. The monoisotopic (exact) mass is 430 g/mol. The number of rotatable bonds is 22. The first-order chi connectivity index (χ1) is 14.6. The molecule has 2 atom stereocenters. The highest BCUT2D eigenvalue weighted by Crippen LogP contribution is 2.10. The van der Waals surface area contributed by atoms with Crippen molar-refractivity contribution in [1.29, 1.82) is 0 Å². The summed E-state index contributed by atoms with van der Waals surface area (Å²) in [7, 11) is 0. The fourth-order valence-corrected chi connectivity index (χ4v) is 3.04. The molecule has 0 spiro atoms. The third kappa shape index (κ3) is 21.8. The van der Waals surface area contributed by atoms with Crippen LogP contribution in [0, 0.1) is 0 Å². The van der Waals surface area contributed by atoms with Gasteiger partial charge in [0.25, 0.3) is 0 Å². The lowest BCUT2D eigenvalue weighted by atomic mass is 10.1. The van der Waals surface area contributed by atoms with Crippen LogP contribution in [0.4, 0.5) is 0 Å². The summed E-state index contributed by atoms with van der Waals surface area (Å²) in [5.41, 5.74) is 0. The maximum absolute atomic E-state index is 11.7. The molecule has 0 aromatic rings. The molecule has 6 heteroatoms. The fourth-order valence-electron chi connectivity index (χ4n) is 3.04. The predicted molar refractivity (Wildman–Crippen MR) is 120 cm³/mol. The maximum Gasteiger partial charge on any atom is 0.305 e. The number of carbonyl (C=O) groups excluding carboxylic acids is 1. The molecular weight excluding hydrogens is 384 g/mol. The first kappa shape index (κ1) is 29.1. The highest BCUT2D eigenvalue weighted by molar-refractivity contribution is 5.69. The zero-order chi connectivity index (χ0) is 22.3. The second-order valence-corrected chi connectivity index (χ2v) is 8.04. The average Bonchev–Trinajstić information content (AvgIpc) is 2.74. The molecule has 0 heterocycles. The van der Waals surface area contributed by atoms with Crippen LogP contribution < -0.4 is 0 Å². The summed E-state index contributed by atoms with van der Waals surface area (Å²) in [6, 6.07) is 0. The molecule has 0 aliphatic heterocycles. The minimum absolute atomic E-state index is 0.0439. The zero-order valence-corrected chi connectivity index (χ0v) is 19.1. The van der Waals surface area contributed by atoms with Crippen LogP contribution in [-0.2, 0) is 14.3 Å². The van der Waals surface area contributed by atoms with Crippen LogP contribution >= 0.6 is 0 Å². The van der Waals surface area contributed by atoms with Gasteiger partial charge in [-0.25, -0.2) is 0 Å². The quantitative estimate of drug-likeness (QED) is 0.135. The number of hydrogen-bond donors (Lipinski definition) is 3. The summed E-state index contributed by atoms with van der Waals surface area (Å²) in [5, 5.41) is 27.4. The molecule has 0 rings (SSSR count). The van der Waals surface area contributed by atoms with Crippen LogP contribution in [0.3, 0.4) is 0 Å². The molecule has 0 aromatic heterocycles. The lowest BCUT2D eigenvalue weighted by Crippen LogP contribution is -2.27. The van der Waals surface area contributed by atoms with E-state index in [1.807, 2.05) is 0 Å². The third-order valence-corrected chi connectivity index (χ3v) is 4.91. The molecule has 0 amide bonds. The van der Waals surface area contributed by atoms with Crippen molar-refractivity contribution in [3.05, 3.63) is 12.2 Å². The summed E-state index contributed by atoms with van der Waals surface area (Å²) in [5.74, 6) is -0.304. The van der Waals surface area contributed by atoms with Crippen LogP contribution in [0.5, 0.6) is 0 Å². The second kappa shape index (κ2) is 22.7. The summed E-state index contributed by atoms with van der Waals surface area (Å²) in [6.45, 7) is 1.65. The van der Waals surface area contributed by atoms with Crippen LogP contribution in [0.2, 0.25) is 0 Å². The van der Waals surface area contributed by atoms with Gasteiger partial charge in [-0.05, 0) is 32.1 Å². The minimum atomic E-state index is -0.958. The first-order valence-electron chi connectivity index (χ1n) is 12.0. The van der Waals surface area contributed by atoms with E-state index in [4.69, 9.17) is 19.7 Å². The van der Waals surface area contributed by atoms with Crippen molar-refractivity contribution in [3.8, 4) is 0 Å². The van der Waals surface area contributed by atoms with Crippen molar-refractivity contribution in [2.45, 2.75) is 109 Å². The van der Waals surface area contributed by atoms with Crippen LogP contribution in [-0.4, -0.2) is 59.9 Å². The summed E-state index contributed by atoms with van der Waals surface area (Å²) in [6.07, 6.45) is 18.9.